The molecule has 24 heavy (non-hydrogen) atoms. The molecule has 0 N–H and O–H groups in total. The first-order valence-corrected chi connectivity index (χ1v) is 10.1. The van der Waals surface area contributed by atoms with Crippen molar-refractivity contribution < 1.29 is 4.43 Å². The van der Waals surface area contributed by atoms with Gasteiger partial charge in [0.1, 0.15) is 11.3 Å². The smallest absolute Gasteiger partial charge is 0.274 e. The molecule has 7 heteroatoms. The molecule has 0 saturated heterocycles. The van der Waals surface area contributed by atoms with Crippen molar-refractivity contribution in [2.45, 2.75) is 26.1 Å². The zero-order chi connectivity index (χ0) is 16.9. The van der Waals surface area contributed by atoms with E-state index in [1.54, 1.807) is 24.8 Å². The summed E-state index contributed by atoms with van der Waals surface area (Å²) in [5.41, 5.74) is 2.29. The Morgan fingerprint density at radius 2 is 1.92 bits per heavy atom. The van der Waals surface area contributed by atoms with Crippen LogP contribution in [0.15, 0.2) is 47.8 Å². The van der Waals surface area contributed by atoms with Crippen LogP contribution in [0.5, 0.6) is 5.75 Å². The van der Waals surface area contributed by atoms with Crippen LogP contribution in [0.4, 0.5) is 0 Å². The van der Waals surface area contributed by atoms with Gasteiger partial charge in [-0.1, -0.05) is 18.2 Å². The summed E-state index contributed by atoms with van der Waals surface area (Å²) in [5, 5.41) is 0. The predicted octanol–water partition coefficient (Wildman–Crippen LogP) is 3.23. The number of aliphatic imine (C=N–C) groups is 1. The molecular weight excluding hydrogens is 318 g/mol. The van der Waals surface area contributed by atoms with Crippen LogP contribution in [0.1, 0.15) is 24.4 Å². The Hall–Kier alpha value is -2.67. The molecule has 1 radical (unpaired) electrons. The number of para-hydroxylation sites is 1. The van der Waals surface area contributed by atoms with Crippen LogP contribution in [-0.4, -0.2) is 35.2 Å². The minimum atomic E-state index is -0.824. The second-order valence-corrected chi connectivity index (χ2v) is 7.52. The second-order valence-electron chi connectivity index (χ2n) is 5.50. The predicted molar refractivity (Wildman–Crippen MR) is 95.7 cm³/mol. The summed E-state index contributed by atoms with van der Waals surface area (Å²) in [6.07, 6.45) is 6.55. The minimum Gasteiger partial charge on any atom is -0.542 e. The molecule has 0 aliphatic rings. The van der Waals surface area contributed by atoms with E-state index in [1.165, 1.54) is 0 Å². The summed E-state index contributed by atoms with van der Waals surface area (Å²) in [6.45, 7) is 6.25. The highest BCUT2D eigenvalue weighted by Crippen LogP contribution is 2.27. The molecule has 0 spiro atoms. The first-order valence-electron chi connectivity index (χ1n) is 7.67. The number of hydrogen-bond donors (Lipinski definition) is 0. The van der Waals surface area contributed by atoms with E-state index in [0.29, 0.717) is 17.0 Å². The van der Waals surface area contributed by atoms with Crippen molar-refractivity contribution in [1.82, 2.24) is 19.9 Å². The van der Waals surface area contributed by atoms with Gasteiger partial charge in [0.15, 0.2) is 11.5 Å². The normalized spacial score (nSPS) is 12.8. The third-order valence-electron chi connectivity index (χ3n) is 3.34. The lowest BCUT2D eigenvalue weighted by Crippen LogP contribution is -2.13. The third-order valence-corrected chi connectivity index (χ3v) is 3.97. The Kier molecular flexibility index (Phi) is 4.90. The first kappa shape index (κ1) is 16.2. The highest BCUT2D eigenvalue weighted by Gasteiger charge is 2.11. The monoisotopic (exact) mass is 336 g/mol. The Bertz CT molecular complexity index is 868. The number of aromatic nitrogens is 4. The van der Waals surface area contributed by atoms with Crippen molar-refractivity contribution in [2.75, 3.05) is 0 Å². The van der Waals surface area contributed by atoms with Crippen molar-refractivity contribution in [1.29, 1.82) is 0 Å². The number of nitrogens with zero attached hydrogens (tertiary/aromatic N) is 5. The summed E-state index contributed by atoms with van der Waals surface area (Å²) in [6, 6.07) is 7.94. The van der Waals surface area contributed by atoms with E-state index in [4.69, 9.17) is 4.43 Å². The Morgan fingerprint density at radius 1 is 1.12 bits per heavy atom. The molecule has 1 aromatic carbocycles. The van der Waals surface area contributed by atoms with Gasteiger partial charge in [0.2, 0.25) is 0 Å². The van der Waals surface area contributed by atoms with Gasteiger partial charge in [-0.05, 0) is 26.1 Å². The summed E-state index contributed by atoms with van der Waals surface area (Å²) in [4.78, 5) is 21.5. The van der Waals surface area contributed by atoms with Crippen LogP contribution in [0.25, 0.3) is 11.2 Å². The molecule has 3 aromatic rings. The van der Waals surface area contributed by atoms with Crippen molar-refractivity contribution in [2.24, 2.45) is 4.99 Å². The van der Waals surface area contributed by atoms with Gasteiger partial charge in [-0.2, -0.15) is 0 Å². The van der Waals surface area contributed by atoms with Crippen LogP contribution in [-0.2, 0) is 0 Å². The average molecular weight is 336 g/mol. The zero-order valence-electron chi connectivity index (χ0n) is 13.8. The molecule has 6 nitrogen and oxygen atoms in total. The van der Waals surface area contributed by atoms with E-state index in [-0.39, 0.29) is 6.04 Å². The van der Waals surface area contributed by atoms with E-state index in [9.17, 15) is 0 Å². The Balaban J connectivity index is 1.83. The summed E-state index contributed by atoms with van der Waals surface area (Å²) < 4.78 is 5.95. The fourth-order valence-corrected chi connectivity index (χ4v) is 2.87. The molecule has 0 saturated carbocycles. The first-order chi connectivity index (χ1) is 11.6. The third kappa shape index (κ3) is 3.80. The van der Waals surface area contributed by atoms with E-state index >= 15 is 0 Å². The lowest BCUT2D eigenvalue weighted by molar-refractivity contribution is 0.563. The highest BCUT2D eigenvalue weighted by molar-refractivity contribution is 6.49. The lowest BCUT2D eigenvalue weighted by Gasteiger charge is -2.15. The largest absolute Gasteiger partial charge is 0.542 e. The molecule has 1 atom stereocenters. The number of rotatable bonds is 5. The maximum Gasteiger partial charge on any atom is 0.274 e. The molecule has 3 rings (SSSR count). The Labute approximate surface area is 142 Å². The van der Waals surface area contributed by atoms with Crippen molar-refractivity contribution in [3.05, 3.63) is 54.2 Å². The summed E-state index contributed by atoms with van der Waals surface area (Å²) in [5.74, 6) is 1.41. The van der Waals surface area contributed by atoms with Crippen LogP contribution >= 0.6 is 0 Å². The lowest BCUT2D eigenvalue weighted by atomic mass is 10.1. The number of fused-ring (bicyclic) bond motifs is 1. The van der Waals surface area contributed by atoms with Gasteiger partial charge in [-0.15, -0.1) is 0 Å². The molecular formula is C17H18N5OSi. The topological polar surface area (TPSA) is 73.2 Å². The van der Waals surface area contributed by atoms with E-state index in [0.717, 1.165) is 11.3 Å². The van der Waals surface area contributed by atoms with E-state index in [2.05, 4.69) is 38.0 Å². The summed E-state index contributed by atoms with van der Waals surface area (Å²) in [7, 11) is -0.824. The van der Waals surface area contributed by atoms with Crippen LogP contribution in [0.3, 0.4) is 0 Å². The molecule has 0 aliphatic heterocycles. The van der Waals surface area contributed by atoms with Crippen molar-refractivity contribution in [3.63, 3.8) is 0 Å². The van der Waals surface area contributed by atoms with Gasteiger partial charge in [0, 0.05) is 18.0 Å². The molecule has 0 amide bonds. The molecule has 0 aliphatic carbocycles. The molecule has 2 aromatic heterocycles. The number of benzene rings is 1. The van der Waals surface area contributed by atoms with Crippen LogP contribution < -0.4 is 4.43 Å². The SMILES string of the molecule is CC(N=Cc1ncc2nccnc2n1)c1ccccc1O[Si](C)C. The van der Waals surface area contributed by atoms with Gasteiger partial charge in [-0.25, -0.2) is 19.9 Å². The number of hydrogen-bond acceptors (Lipinski definition) is 6. The van der Waals surface area contributed by atoms with Crippen molar-refractivity contribution in [3.8, 4) is 5.75 Å². The maximum atomic E-state index is 5.95. The van der Waals surface area contributed by atoms with Gasteiger partial charge in [0.25, 0.3) is 9.04 Å². The molecule has 2 heterocycles. The van der Waals surface area contributed by atoms with Gasteiger partial charge < -0.3 is 4.43 Å². The molecule has 0 fully saturated rings. The minimum absolute atomic E-state index is 0.0521. The van der Waals surface area contributed by atoms with Gasteiger partial charge >= 0.3 is 0 Å². The maximum absolute atomic E-state index is 5.95. The quantitative estimate of drug-likeness (QED) is 0.528. The van der Waals surface area contributed by atoms with E-state index in [1.807, 2.05) is 31.2 Å². The molecule has 121 valence electrons. The van der Waals surface area contributed by atoms with Crippen LogP contribution in [0, 0.1) is 0 Å². The van der Waals surface area contributed by atoms with E-state index < -0.39 is 9.04 Å². The van der Waals surface area contributed by atoms with Gasteiger partial charge in [-0.3, -0.25) is 4.99 Å². The fraction of sp³-hybridized carbons (Fsp3) is 0.235. The summed E-state index contributed by atoms with van der Waals surface area (Å²) >= 11 is 0. The highest BCUT2D eigenvalue weighted by atomic mass is 28.3. The second kappa shape index (κ2) is 7.27. The van der Waals surface area contributed by atoms with Crippen molar-refractivity contribution >= 4 is 26.4 Å². The van der Waals surface area contributed by atoms with Gasteiger partial charge in [0.05, 0.1) is 18.5 Å². The molecule has 0 bridgehead atoms. The Morgan fingerprint density at radius 3 is 2.75 bits per heavy atom. The zero-order valence-corrected chi connectivity index (χ0v) is 14.8. The fourth-order valence-electron chi connectivity index (χ4n) is 2.24. The standard InChI is InChI=1S/C17H18N5OSi/c1-12(13-6-4-5-7-15(13)23-24(2)3)20-11-16-21-10-14-17(22-16)19-9-8-18-14/h4-12H,1-3H3. The van der Waals surface area contributed by atoms with Crippen LogP contribution in [0.2, 0.25) is 13.1 Å². The average Bonchev–Trinajstić information content (AvgIpc) is 2.59. The molecule has 1 unspecified atom stereocenters.